The second-order valence-electron chi connectivity index (χ2n) is 3.81. The van der Waals surface area contributed by atoms with Crippen LogP contribution in [0.25, 0.3) is 0 Å². The van der Waals surface area contributed by atoms with Crippen molar-refractivity contribution in [1.29, 1.82) is 0 Å². The van der Waals surface area contributed by atoms with E-state index in [2.05, 4.69) is 28.5 Å². The number of esters is 1. The van der Waals surface area contributed by atoms with E-state index in [1.54, 1.807) is 11.3 Å². The van der Waals surface area contributed by atoms with Crippen LogP contribution in [0.5, 0.6) is 0 Å². The molecule has 0 aromatic carbocycles. The molecular formula is C12H20N2O2S. The summed E-state index contributed by atoms with van der Waals surface area (Å²) in [6.07, 6.45) is 2.61. The van der Waals surface area contributed by atoms with Crippen LogP contribution in [0, 0.1) is 0 Å². The molecular weight excluding hydrogens is 236 g/mol. The Kier molecular flexibility index (Phi) is 5.97. The SMILES string of the molecule is CCCCN(CC)c1nc(CC(=O)OC)cs1. The predicted octanol–water partition coefficient (Wildman–Crippen LogP) is 2.49. The smallest absolute Gasteiger partial charge is 0.311 e. The molecule has 0 bridgehead atoms. The number of anilines is 1. The largest absolute Gasteiger partial charge is 0.469 e. The van der Waals surface area contributed by atoms with E-state index in [0.29, 0.717) is 0 Å². The first-order chi connectivity index (χ1) is 8.21. The maximum Gasteiger partial charge on any atom is 0.311 e. The van der Waals surface area contributed by atoms with Gasteiger partial charge >= 0.3 is 5.97 Å². The van der Waals surface area contributed by atoms with Crippen molar-refractivity contribution in [3.8, 4) is 0 Å². The van der Waals surface area contributed by atoms with Gasteiger partial charge in [-0.15, -0.1) is 11.3 Å². The number of unbranched alkanes of at least 4 members (excludes halogenated alkanes) is 1. The standard InChI is InChI=1S/C12H20N2O2S/c1-4-6-7-14(5-2)12-13-10(9-17-12)8-11(15)16-3/h9H,4-8H2,1-3H3. The van der Waals surface area contributed by atoms with Crippen molar-refractivity contribution in [2.45, 2.75) is 33.1 Å². The number of nitrogens with zero attached hydrogens (tertiary/aromatic N) is 2. The number of carbonyl (C=O) groups is 1. The Hall–Kier alpha value is -1.10. The summed E-state index contributed by atoms with van der Waals surface area (Å²) in [5.41, 5.74) is 0.798. The van der Waals surface area contributed by atoms with E-state index in [1.807, 2.05) is 5.38 Å². The zero-order valence-electron chi connectivity index (χ0n) is 10.7. The predicted molar refractivity (Wildman–Crippen MR) is 70.6 cm³/mol. The van der Waals surface area contributed by atoms with E-state index in [0.717, 1.165) is 23.9 Å². The van der Waals surface area contributed by atoms with E-state index in [4.69, 9.17) is 0 Å². The van der Waals surface area contributed by atoms with Gasteiger partial charge in [-0.2, -0.15) is 0 Å². The summed E-state index contributed by atoms with van der Waals surface area (Å²) < 4.78 is 4.63. The lowest BCUT2D eigenvalue weighted by Gasteiger charge is -2.18. The summed E-state index contributed by atoms with van der Waals surface area (Å²) in [6, 6.07) is 0. The summed E-state index contributed by atoms with van der Waals surface area (Å²) in [4.78, 5) is 17.8. The quantitative estimate of drug-likeness (QED) is 0.703. The highest BCUT2D eigenvalue weighted by molar-refractivity contribution is 7.13. The van der Waals surface area contributed by atoms with Crippen LogP contribution in [-0.2, 0) is 16.0 Å². The van der Waals surface area contributed by atoms with E-state index >= 15 is 0 Å². The van der Waals surface area contributed by atoms with Gasteiger partial charge in [0.05, 0.1) is 19.2 Å². The number of ether oxygens (including phenoxy) is 1. The van der Waals surface area contributed by atoms with E-state index in [9.17, 15) is 4.79 Å². The van der Waals surface area contributed by atoms with Gasteiger partial charge in [-0.25, -0.2) is 4.98 Å². The van der Waals surface area contributed by atoms with Gasteiger partial charge in [0.1, 0.15) is 0 Å². The van der Waals surface area contributed by atoms with E-state index in [1.165, 1.54) is 20.0 Å². The Balaban J connectivity index is 2.61. The molecule has 1 rings (SSSR count). The van der Waals surface area contributed by atoms with Gasteiger partial charge in [-0.05, 0) is 13.3 Å². The first-order valence-corrected chi connectivity index (χ1v) is 6.85. The highest BCUT2D eigenvalue weighted by Crippen LogP contribution is 2.21. The van der Waals surface area contributed by atoms with Crippen molar-refractivity contribution in [1.82, 2.24) is 4.98 Å². The molecule has 0 aliphatic heterocycles. The molecule has 1 heterocycles. The number of methoxy groups -OCH3 is 1. The third kappa shape index (κ3) is 4.34. The zero-order valence-corrected chi connectivity index (χ0v) is 11.5. The van der Waals surface area contributed by atoms with Crippen LogP contribution in [0.4, 0.5) is 5.13 Å². The first-order valence-electron chi connectivity index (χ1n) is 5.97. The molecule has 1 aromatic heterocycles. The van der Waals surface area contributed by atoms with Crippen molar-refractivity contribution in [2.24, 2.45) is 0 Å². The molecule has 0 aliphatic rings. The molecule has 0 amide bonds. The summed E-state index contributed by atoms with van der Waals surface area (Å²) in [7, 11) is 1.40. The van der Waals surface area contributed by atoms with Gasteiger partial charge in [0.25, 0.3) is 0 Å². The van der Waals surface area contributed by atoms with Crippen molar-refractivity contribution in [3.05, 3.63) is 11.1 Å². The highest BCUT2D eigenvalue weighted by atomic mass is 32.1. The third-order valence-corrected chi connectivity index (χ3v) is 3.48. The average Bonchev–Trinajstić information content (AvgIpc) is 2.78. The Labute approximate surface area is 107 Å². The lowest BCUT2D eigenvalue weighted by Crippen LogP contribution is -2.23. The van der Waals surface area contributed by atoms with E-state index in [-0.39, 0.29) is 12.4 Å². The normalized spacial score (nSPS) is 10.3. The van der Waals surface area contributed by atoms with Gasteiger partial charge in [-0.3, -0.25) is 4.79 Å². The zero-order chi connectivity index (χ0) is 12.7. The molecule has 0 unspecified atom stereocenters. The number of rotatable bonds is 7. The van der Waals surface area contributed by atoms with Crippen LogP contribution < -0.4 is 4.90 Å². The van der Waals surface area contributed by atoms with Gasteiger partial charge < -0.3 is 9.64 Å². The lowest BCUT2D eigenvalue weighted by atomic mass is 10.3. The van der Waals surface area contributed by atoms with Gasteiger partial charge in [-0.1, -0.05) is 13.3 Å². The molecule has 0 saturated heterocycles. The fraction of sp³-hybridized carbons (Fsp3) is 0.667. The number of thiazole rings is 1. The summed E-state index contributed by atoms with van der Waals surface area (Å²) >= 11 is 1.59. The second kappa shape index (κ2) is 7.27. The molecule has 0 spiro atoms. The molecule has 0 radical (unpaired) electrons. The minimum Gasteiger partial charge on any atom is -0.469 e. The Morgan fingerprint density at radius 1 is 1.53 bits per heavy atom. The Morgan fingerprint density at radius 3 is 2.88 bits per heavy atom. The van der Waals surface area contributed by atoms with Crippen LogP contribution in [0.15, 0.2) is 5.38 Å². The molecule has 0 fully saturated rings. The summed E-state index contributed by atoms with van der Waals surface area (Å²) in [5, 5.41) is 2.93. The number of hydrogen-bond donors (Lipinski definition) is 0. The number of carbonyl (C=O) groups excluding carboxylic acids is 1. The van der Waals surface area contributed by atoms with E-state index < -0.39 is 0 Å². The van der Waals surface area contributed by atoms with Crippen molar-refractivity contribution >= 4 is 22.4 Å². The third-order valence-electron chi connectivity index (χ3n) is 2.53. The Bertz CT molecular complexity index is 352. The molecule has 17 heavy (non-hydrogen) atoms. The van der Waals surface area contributed by atoms with Crippen LogP contribution in [0.3, 0.4) is 0 Å². The van der Waals surface area contributed by atoms with Gasteiger partial charge in [0.2, 0.25) is 0 Å². The fourth-order valence-corrected chi connectivity index (χ4v) is 2.40. The molecule has 0 N–H and O–H groups in total. The first kappa shape index (κ1) is 14.0. The summed E-state index contributed by atoms with van der Waals surface area (Å²) in [6.45, 7) is 6.28. The van der Waals surface area contributed by atoms with Crippen molar-refractivity contribution < 1.29 is 9.53 Å². The highest BCUT2D eigenvalue weighted by Gasteiger charge is 2.11. The minimum atomic E-state index is -0.238. The van der Waals surface area contributed by atoms with Crippen LogP contribution >= 0.6 is 11.3 Å². The van der Waals surface area contributed by atoms with Crippen molar-refractivity contribution in [2.75, 3.05) is 25.1 Å². The van der Waals surface area contributed by atoms with Gasteiger partial charge in [0, 0.05) is 18.5 Å². The molecule has 0 saturated carbocycles. The van der Waals surface area contributed by atoms with Crippen LogP contribution in [0.1, 0.15) is 32.4 Å². The van der Waals surface area contributed by atoms with Gasteiger partial charge in [0.15, 0.2) is 5.13 Å². The lowest BCUT2D eigenvalue weighted by molar-refractivity contribution is -0.139. The molecule has 96 valence electrons. The maximum atomic E-state index is 11.1. The summed E-state index contributed by atoms with van der Waals surface area (Å²) in [5.74, 6) is -0.238. The van der Waals surface area contributed by atoms with Crippen LogP contribution in [0.2, 0.25) is 0 Å². The minimum absolute atomic E-state index is 0.238. The molecule has 0 aliphatic carbocycles. The molecule has 5 heteroatoms. The number of aromatic nitrogens is 1. The molecule has 1 aromatic rings. The number of hydrogen-bond acceptors (Lipinski definition) is 5. The molecule has 4 nitrogen and oxygen atoms in total. The Morgan fingerprint density at radius 2 is 2.29 bits per heavy atom. The topological polar surface area (TPSA) is 42.4 Å². The fourth-order valence-electron chi connectivity index (χ4n) is 1.48. The van der Waals surface area contributed by atoms with Crippen LogP contribution in [-0.4, -0.2) is 31.2 Å². The maximum absolute atomic E-state index is 11.1. The average molecular weight is 256 g/mol. The second-order valence-corrected chi connectivity index (χ2v) is 4.64. The monoisotopic (exact) mass is 256 g/mol. The molecule has 0 atom stereocenters. The van der Waals surface area contributed by atoms with Crippen molar-refractivity contribution in [3.63, 3.8) is 0 Å².